The Morgan fingerprint density at radius 2 is 2.15 bits per heavy atom. The van der Waals surface area contributed by atoms with Crippen LogP contribution in [0.25, 0.3) is 0 Å². The lowest BCUT2D eigenvalue weighted by Crippen LogP contribution is -2.26. The summed E-state index contributed by atoms with van der Waals surface area (Å²) in [5.74, 6) is 0.146. The molecular formula is C10H16N2O. The zero-order valence-corrected chi connectivity index (χ0v) is 8.66. The Bertz CT molecular complexity index is 307. The van der Waals surface area contributed by atoms with E-state index in [-0.39, 0.29) is 11.3 Å². The van der Waals surface area contributed by atoms with Crippen molar-refractivity contribution in [2.24, 2.45) is 0 Å². The van der Waals surface area contributed by atoms with Crippen LogP contribution in [-0.2, 0) is 5.54 Å². The van der Waals surface area contributed by atoms with Crippen molar-refractivity contribution in [1.29, 1.82) is 0 Å². The second-order valence-corrected chi connectivity index (χ2v) is 4.08. The van der Waals surface area contributed by atoms with Crippen LogP contribution in [0.2, 0.25) is 0 Å². The number of aromatic nitrogens is 2. The van der Waals surface area contributed by atoms with Crippen LogP contribution in [0.4, 0.5) is 0 Å². The fourth-order valence-corrected chi connectivity index (χ4v) is 1.23. The summed E-state index contributed by atoms with van der Waals surface area (Å²) in [4.78, 5) is 11.5. The maximum Gasteiger partial charge on any atom is 0.180 e. The standard InChI is InChI=1S/C10H16N2O/c1-5-9(13)8-6-7-11-12(8)10(2,3)4/h6-7H,5H2,1-4H3. The first-order valence-corrected chi connectivity index (χ1v) is 4.54. The SMILES string of the molecule is CCC(=O)c1ccnn1C(C)(C)C. The van der Waals surface area contributed by atoms with E-state index < -0.39 is 0 Å². The highest BCUT2D eigenvalue weighted by atomic mass is 16.1. The number of ketones is 1. The smallest absolute Gasteiger partial charge is 0.180 e. The molecule has 0 N–H and O–H groups in total. The van der Waals surface area contributed by atoms with Crippen molar-refractivity contribution in [3.05, 3.63) is 18.0 Å². The number of rotatable bonds is 2. The highest BCUT2D eigenvalue weighted by molar-refractivity contribution is 5.94. The molecule has 0 aliphatic heterocycles. The van der Waals surface area contributed by atoms with Gasteiger partial charge in [0.1, 0.15) is 5.69 Å². The van der Waals surface area contributed by atoms with Gasteiger partial charge in [-0.2, -0.15) is 5.10 Å². The molecule has 0 fully saturated rings. The summed E-state index contributed by atoms with van der Waals surface area (Å²) < 4.78 is 1.78. The minimum Gasteiger partial charge on any atom is -0.292 e. The van der Waals surface area contributed by atoms with Crippen molar-refractivity contribution in [2.45, 2.75) is 39.7 Å². The monoisotopic (exact) mass is 180 g/mol. The van der Waals surface area contributed by atoms with Crippen LogP contribution >= 0.6 is 0 Å². The molecule has 0 bridgehead atoms. The van der Waals surface area contributed by atoms with Crippen LogP contribution in [0.15, 0.2) is 12.3 Å². The Morgan fingerprint density at radius 3 is 2.62 bits per heavy atom. The molecule has 72 valence electrons. The van der Waals surface area contributed by atoms with Gasteiger partial charge < -0.3 is 0 Å². The van der Waals surface area contributed by atoms with Crippen LogP contribution in [0, 0.1) is 0 Å². The number of Topliss-reactive ketones (excluding diaryl/α,β-unsaturated/α-hetero) is 1. The molecule has 0 saturated heterocycles. The van der Waals surface area contributed by atoms with Gasteiger partial charge >= 0.3 is 0 Å². The van der Waals surface area contributed by atoms with Gasteiger partial charge in [-0.05, 0) is 26.8 Å². The molecule has 0 spiro atoms. The van der Waals surface area contributed by atoms with Crippen molar-refractivity contribution in [3.8, 4) is 0 Å². The van der Waals surface area contributed by atoms with Gasteiger partial charge in [-0.25, -0.2) is 0 Å². The largest absolute Gasteiger partial charge is 0.292 e. The van der Waals surface area contributed by atoms with Gasteiger partial charge in [0, 0.05) is 12.6 Å². The van der Waals surface area contributed by atoms with E-state index in [9.17, 15) is 4.79 Å². The fraction of sp³-hybridized carbons (Fsp3) is 0.600. The molecule has 1 rings (SSSR count). The summed E-state index contributed by atoms with van der Waals surface area (Å²) in [6.07, 6.45) is 2.20. The van der Waals surface area contributed by atoms with Crippen LogP contribution < -0.4 is 0 Å². The number of carbonyl (C=O) groups is 1. The summed E-state index contributed by atoms with van der Waals surface area (Å²) in [7, 11) is 0. The van der Waals surface area contributed by atoms with Gasteiger partial charge in [-0.1, -0.05) is 6.92 Å². The van der Waals surface area contributed by atoms with Gasteiger partial charge in [0.05, 0.1) is 5.54 Å². The molecule has 0 amide bonds. The van der Waals surface area contributed by atoms with Crippen molar-refractivity contribution in [3.63, 3.8) is 0 Å². The fourth-order valence-electron chi connectivity index (χ4n) is 1.23. The van der Waals surface area contributed by atoms with E-state index in [0.29, 0.717) is 12.1 Å². The molecule has 13 heavy (non-hydrogen) atoms. The van der Waals surface area contributed by atoms with Gasteiger partial charge in [-0.3, -0.25) is 9.48 Å². The third-order valence-corrected chi connectivity index (χ3v) is 1.88. The second kappa shape index (κ2) is 3.32. The molecule has 0 radical (unpaired) electrons. The molecule has 0 aromatic carbocycles. The number of nitrogens with zero attached hydrogens (tertiary/aromatic N) is 2. The summed E-state index contributed by atoms with van der Waals surface area (Å²) in [6, 6.07) is 1.77. The molecule has 1 heterocycles. The lowest BCUT2D eigenvalue weighted by Gasteiger charge is -2.21. The van der Waals surface area contributed by atoms with E-state index in [1.54, 1.807) is 16.9 Å². The van der Waals surface area contributed by atoms with Crippen LogP contribution in [0.3, 0.4) is 0 Å². The normalized spacial score (nSPS) is 11.7. The Morgan fingerprint density at radius 1 is 1.54 bits per heavy atom. The Labute approximate surface area is 78.8 Å². The average molecular weight is 180 g/mol. The average Bonchev–Trinajstić information content (AvgIpc) is 2.49. The first kappa shape index (κ1) is 9.96. The molecule has 3 heteroatoms. The molecular weight excluding hydrogens is 164 g/mol. The van der Waals surface area contributed by atoms with E-state index in [4.69, 9.17) is 0 Å². The van der Waals surface area contributed by atoms with E-state index in [1.165, 1.54) is 0 Å². The molecule has 3 nitrogen and oxygen atoms in total. The van der Waals surface area contributed by atoms with Crippen LogP contribution in [-0.4, -0.2) is 15.6 Å². The molecule has 0 atom stereocenters. The van der Waals surface area contributed by atoms with Gasteiger partial charge in [0.25, 0.3) is 0 Å². The lowest BCUT2D eigenvalue weighted by molar-refractivity contribution is 0.0970. The maximum absolute atomic E-state index is 11.5. The topological polar surface area (TPSA) is 34.9 Å². The maximum atomic E-state index is 11.5. The second-order valence-electron chi connectivity index (χ2n) is 4.08. The summed E-state index contributed by atoms with van der Waals surface area (Å²) >= 11 is 0. The highest BCUT2D eigenvalue weighted by Gasteiger charge is 2.19. The van der Waals surface area contributed by atoms with Crippen molar-refractivity contribution in [1.82, 2.24) is 9.78 Å². The molecule has 1 aromatic heterocycles. The minimum atomic E-state index is -0.121. The third-order valence-electron chi connectivity index (χ3n) is 1.88. The summed E-state index contributed by atoms with van der Waals surface area (Å²) in [5, 5.41) is 4.15. The number of hydrogen-bond donors (Lipinski definition) is 0. The van der Waals surface area contributed by atoms with Crippen molar-refractivity contribution >= 4 is 5.78 Å². The first-order valence-electron chi connectivity index (χ1n) is 4.54. The van der Waals surface area contributed by atoms with E-state index in [2.05, 4.69) is 5.10 Å². The zero-order chi connectivity index (χ0) is 10.1. The first-order chi connectivity index (χ1) is 5.96. The molecule has 0 saturated carbocycles. The number of carbonyl (C=O) groups excluding carboxylic acids is 1. The Kier molecular flexibility index (Phi) is 2.55. The van der Waals surface area contributed by atoms with Gasteiger partial charge in [0.2, 0.25) is 0 Å². The van der Waals surface area contributed by atoms with Gasteiger partial charge in [-0.15, -0.1) is 0 Å². The molecule has 0 aliphatic rings. The van der Waals surface area contributed by atoms with E-state index >= 15 is 0 Å². The van der Waals surface area contributed by atoms with Crippen molar-refractivity contribution < 1.29 is 4.79 Å². The van der Waals surface area contributed by atoms with E-state index in [1.807, 2.05) is 27.7 Å². The van der Waals surface area contributed by atoms with Crippen LogP contribution in [0.1, 0.15) is 44.6 Å². The van der Waals surface area contributed by atoms with Gasteiger partial charge in [0.15, 0.2) is 5.78 Å². The summed E-state index contributed by atoms with van der Waals surface area (Å²) in [6.45, 7) is 7.97. The van der Waals surface area contributed by atoms with Crippen LogP contribution in [0.5, 0.6) is 0 Å². The summed E-state index contributed by atoms with van der Waals surface area (Å²) in [5.41, 5.74) is 0.582. The minimum absolute atomic E-state index is 0.121. The third kappa shape index (κ3) is 1.97. The quantitative estimate of drug-likeness (QED) is 0.654. The predicted octanol–water partition coefficient (Wildman–Crippen LogP) is 2.23. The lowest BCUT2D eigenvalue weighted by atomic mass is 10.1. The molecule has 0 unspecified atom stereocenters. The molecule has 1 aromatic rings. The predicted molar refractivity (Wildman–Crippen MR) is 51.8 cm³/mol. The molecule has 0 aliphatic carbocycles. The van der Waals surface area contributed by atoms with Crippen molar-refractivity contribution in [2.75, 3.05) is 0 Å². The number of hydrogen-bond acceptors (Lipinski definition) is 2. The zero-order valence-electron chi connectivity index (χ0n) is 8.66. The Hall–Kier alpha value is -1.12. The van der Waals surface area contributed by atoms with E-state index in [0.717, 1.165) is 0 Å². The Balaban J connectivity index is 3.10. The highest BCUT2D eigenvalue weighted by Crippen LogP contribution is 2.16.